The monoisotopic (exact) mass is 1090 g/mol. The van der Waals surface area contributed by atoms with Gasteiger partial charge in [-0.05, 0) is 158 Å². The predicted octanol–water partition coefficient (Wildman–Crippen LogP) is 21.7. The van der Waals surface area contributed by atoms with E-state index in [0.717, 1.165) is 55.8 Å². The number of anilines is 8. The fraction of sp³-hybridized carbons (Fsp3) is 0.197. The van der Waals surface area contributed by atoms with Crippen molar-refractivity contribution in [2.24, 2.45) is 0 Å². The number of fused-ring (bicyclic) bond motifs is 4. The number of hydrogen-bond acceptors (Lipinski definition) is 7. The molecular weight excluding hydrogens is 1010 g/mol. The van der Waals surface area contributed by atoms with Crippen LogP contribution >= 0.6 is 0 Å². The van der Waals surface area contributed by atoms with Crippen LogP contribution in [0.15, 0.2) is 219 Å². The predicted molar refractivity (Wildman–Crippen MR) is 359 cm³/mol. The van der Waals surface area contributed by atoms with Gasteiger partial charge in [-0.1, -0.05) is 199 Å². The minimum absolute atomic E-state index is 0.488. The topological polar surface area (TPSA) is 86.8 Å². The number of nitrogens with one attached hydrogen (secondary N) is 4. The maximum absolute atomic E-state index is 4.73. The summed E-state index contributed by atoms with van der Waals surface area (Å²) in [5.41, 5.74) is 23.5. The van der Waals surface area contributed by atoms with Crippen molar-refractivity contribution in [3.8, 4) is 0 Å². The lowest BCUT2D eigenvalue weighted by molar-refractivity contribution is 0.838. The molecule has 418 valence electrons. The Balaban J connectivity index is 0.000000133. The zero-order valence-electron chi connectivity index (χ0n) is 50.4. The molecule has 0 radical (unpaired) electrons. The maximum atomic E-state index is 4.73. The molecule has 0 aliphatic heterocycles. The molecule has 7 nitrogen and oxygen atoms in total. The maximum Gasteiger partial charge on any atom is 0.0942 e. The molecule has 9 aromatic carbocycles. The van der Waals surface area contributed by atoms with Crippen LogP contribution in [-0.2, 0) is 0 Å². The minimum Gasteiger partial charge on any atom is -0.355 e. The Morgan fingerprint density at radius 1 is 0.289 bits per heavy atom. The number of pyridine rings is 3. The van der Waals surface area contributed by atoms with E-state index in [1.54, 1.807) is 0 Å². The number of rotatable bonds is 11. The third kappa shape index (κ3) is 14.1. The molecule has 0 aliphatic rings. The van der Waals surface area contributed by atoms with Crippen molar-refractivity contribution >= 4 is 89.0 Å². The standard InChI is InChI=1S/C22H25N.C19H20N2.C18H18N2.C17H16N2/c1-15(2)18-12-8-13-19(16(3)4)22(18)23-21-14-7-10-17-9-5-6-11-20(17)21;1-12-7-5-8-13(2)18(12)21-17-10-6-9-16-14(3)11-15(4)20-19(16)17;1-13(2)15-9-3-4-10-16(15)20-17-11-5-7-14-8-6-12-19-18(14)17;1-12-6-3-7-13(2)16(12)19-15-10-4-8-14-9-5-11-18-17(14)15/h5-16,23H,1-4H3;5-11,21H,1-4H3;3-13,20H,1-2H3;3-11,19H,1-2H3. The highest BCUT2D eigenvalue weighted by Crippen LogP contribution is 2.37. The van der Waals surface area contributed by atoms with Crippen molar-refractivity contribution in [1.82, 2.24) is 15.0 Å². The summed E-state index contributed by atoms with van der Waals surface area (Å²) >= 11 is 0. The van der Waals surface area contributed by atoms with Gasteiger partial charge < -0.3 is 21.3 Å². The van der Waals surface area contributed by atoms with Gasteiger partial charge in [0.2, 0.25) is 0 Å². The van der Waals surface area contributed by atoms with Crippen molar-refractivity contribution in [2.45, 2.75) is 101 Å². The highest BCUT2D eigenvalue weighted by molar-refractivity contribution is 5.97. The normalized spacial score (nSPS) is 11.0. The zero-order chi connectivity index (χ0) is 58.6. The van der Waals surface area contributed by atoms with Crippen LogP contribution in [0.3, 0.4) is 0 Å². The average Bonchev–Trinajstić information content (AvgIpc) is 3.69. The van der Waals surface area contributed by atoms with Crippen LogP contribution in [0.1, 0.15) is 109 Å². The summed E-state index contributed by atoms with van der Waals surface area (Å²) in [4.78, 5) is 13.7. The second kappa shape index (κ2) is 27.0. The molecule has 0 fully saturated rings. The third-order valence-corrected chi connectivity index (χ3v) is 15.2. The van der Waals surface area contributed by atoms with Crippen molar-refractivity contribution in [3.63, 3.8) is 0 Å². The first-order valence-electron chi connectivity index (χ1n) is 29.1. The molecule has 0 bridgehead atoms. The Morgan fingerprint density at radius 3 is 1.22 bits per heavy atom. The largest absolute Gasteiger partial charge is 0.355 e. The van der Waals surface area contributed by atoms with E-state index in [1.807, 2.05) is 31.5 Å². The van der Waals surface area contributed by atoms with Crippen LogP contribution in [0.4, 0.5) is 45.5 Å². The Bertz CT molecular complexity index is 4090. The molecule has 0 atom stereocenters. The first kappa shape index (κ1) is 58.3. The fourth-order valence-corrected chi connectivity index (χ4v) is 10.8. The van der Waals surface area contributed by atoms with Gasteiger partial charge in [0.15, 0.2) is 0 Å². The van der Waals surface area contributed by atoms with E-state index < -0.39 is 0 Å². The number of nitrogens with zero attached hydrogens (tertiary/aromatic N) is 3. The highest BCUT2D eigenvalue weighted by atomic mass is 14.9. The molecule has 0 aliphatic carbocycles. The lowest BCUT2D eigenvalue weighted by atomic mass is 9.92. The summed E-state index contributed by atoms with van der Waals surface area (Å²) in [6, 6.07) is 71.7. The molecule has 12 rings (SSSR count). The highest BCUT2D eigenvalue weighted by Gasteiger charge is 2.16. The molecule has 83 heavy (non-hydrogen) atoms. The van der Waals surface area contributed by atoms with Crippen molar-refractivity contribution in [1.29, 1.82) is 0 Å². The lowest BCUT2D eigenvalue weighted by Crippen LogP contribution is -2.04. The number of aryl methyl sites for hydroxylation is 6. The smallest absolute Gasteiger partial charge is 0.0942 e. The molecule has 3 heterocycles. The summed E-state index contributed by atoms with van der Waals surface area (Å²) in [6.45, 7) is 26.1. The zero-order valence-corrected chi connectivity index (χ0v) is 50.4. The van der Waals surface area contributed by atoms with Gasteiger partial charge in [-0.2, -0.15) is 0 Å². The quantitative estimate of drug-likeness (QED) is 0.103. The Labute approximate surface area is 492 Å². The van der Waals surface area contributed by atoms with Crippen molar-refractivity contribution in [2.75, 3.05) is 21.3 Å². The van der Waals surface area contributed by atoms with Gasteiger partial charge in [0.25, 0.3) is 0 Å². The van der Waals surface area contributed by atoms with Crippen LogP contribution in [0.25, 0.3) is 43.5 Å². The molecule has 0 saturated carbocycles. The van der Waals surface area contributed by atoms with E-state index in [9.17, 15) is 0 Å². The molecule has 12 aromatic rings. The molecule has 0 saturated heterocycles. The average molecular weight is 1090 g/mol. The fourth-order valence-electron chi connectivity index (χ4n) is 10.8. The second-order valence-electron chi connectivity index (χ2n) is 22.5. The summed E-state index contributed by atoms with van der Waals surface area (Å²) < 4.78 is 0. The van der Waals surface area contributed by atoms with Crippen LogP contribution in [-0.4, -0.2) is 15.0 Å². The first-order chi connectivity index (χ1) is 40.1. The summed E-state index contributed by atoms with van der Waals surface area (Å²) in [5, 5.41) is 20.4. The third-order valence-electron chi connectivity index (χ3n) is 15.2. The van der Waals surface area contributed by atoms with E-state index in [2.05, 4.69) is 302 Å². The summed E-state index contributed by atoms with van der Waals surface area (Å²) in [7, 11) is 0. The van der Waals surface area contributed by atoms with E-state index in [-0.39, 0.29) is 0 Å². The van der Waals surface area contributed by atoms with Crippen LogP contribution in [0, 0.1) is 41.5 Å². The van der Waals surface area contributed by atoms with Gasteiger partial charge in [-0.15, -0.1) is 0 Å². The summed E-state index contributed by atoms with van der Waals surface area (Å²) in [5.74, 6) is 1.47. The van der Waals surface area contributed by atoms with Crippen molar-refractivity contribution < 1.29 is 0 Å². The minimum atomic E-state index is 0.488. The number of para-hydroxylation sites is 7. The number of aromatic nitrogens is 3. The van der Waals surface area contributed by atoms with Gasteiger partial charge in [-0.3, -0.25) is 15.0 Å². The molecule has 3 aromatic heterocycles. The SMILES string of the molecule is CC(C)c1cccc(C(C)C)c1Nc1cccc2ccccc12.CC(C)c1ccccc1Nc1cccc2cccnc12.Cc1cc(C)c2cccc(Nc3c(C)cccc3C)c2n1.Cc1cccc(C)c1Nc1cccc2cccnc12. The van der Waals surface area contributed by atoms with Crippen LogP contribution < -0.4 is 21.3 Å². The Hall–Kier alpha value is -9.33. The molecule has 4 N–H and O–H groups in total. The van der Waals surface area contributed by atoms with E-state index in [0.29, 0.717) is 17.8 Å². The van der Waals surface area contributed by atoms with Gasteiger partial charge in [0.1, 0.15) is 0 Å². The number of hydrogen-bond donors (Lipinski definition) is 4. The Morgan fingerprint density at radius 2 is 0.663 bits per heavy atom. The van der Waals surface area contributed by atoms with E-state index in [1.165, 1.54) is 83.4 Å². The lowest BCUT2D eigenvalue weighted by Gasteiger charge is -2.21. The molecule has 0 unspecified atom stereocenters. The van der Waals surface area contributed by atoms with Crippen LogP contribution in [0.2, 0.25) is 0 Å². The van der Waals surface area contributed by atoms with E-state index in [4.69, 9.17) is 4.98 Å². The second-order valence-corrected chi connectivity index (χ2v) is 22.5. The molecule has 7 heteroatoms. The van der Waals surface area contributed by atoms with Gasteiger partial charge in [0, 0.05) is 68.1 Å². The molecule has 0 amide bonds. The number of benzene rings is 9. The first-order valence-corrected chi connectivity index (χ1v) is 29.1. The van der Waals surface area contributed by atoms with Gasteiger partial charge in [0.05, 0.1) is 33.6 Å². The van der Waals surface area contributed by atoms with Crippen LogP contribution in [0.5, 0.6) is 0 Å². The van der Waals surface area contributed by atoms with Gasteiger partial charge in [-0.25, -0.2) is 0 Å². The molecular formula is C76H79N7. The van der Waals surface area contributed by atoms with Crippen molar-refractivity contribution in [3.05, 3.63) is 269 Å². The molecule has 0 spiro atoms. The van der Waals surface area contributed by atoms with Gasteiger partial charge >= 0.3 is 0 Å². The summed E-state index contributed by atoms with van der Waals surface area (Å²) in [6.07, 6.45) is 3.67. The van der Waals surface area contributed by atoms with E-state index >= 15 is 0 Å². The Kier molecular flexibility index (Phi) is 18.9.